The normalized spacial score (nSPS) is 15.3. The number of rotatable bonds is 4. The van der Waals surface area contributed by atoms with Crippen LogP contribution in [-0.2, 0) is 6.54 Å². The number of aliphatic hydroxyl groups is 1. The molecule has 5 heteroatoms. The average Bonchev–Trinajstić information content (AvgIpc) is 2.89. The van der Waals surface area contributed by atoms with Gasteiger partial charge in [0.25, 0.3) is 0 Å². The third-order valence-electron chi connectivity index (χ3n) is 3.61. The Labute approximate surface area is 130 Å². The van der Waals surface area contributed by atoms with Crippen LogP contribution in [-0.4, -0.2) is 25.5 Å². The molecule has 1 N–H and O–H groups in total. The van der Waals surface area contributed by atoms with Crippen LogP contribution < -0.4 is 0 Å². The second kappa shape index (κ2) is 6.00. The van der Waals surface area contributed by atoms with Gasteiger partial charge in [-0.1, -0.05) is 62.7 Å². The molecular formula is C16H20ClN3O. The minimum atomic E-state index is -1.07. The smallest absolute Gasteiger partial charge is 0.137 e. The van der Waals surface area contributed by atoms with Gasteiger partial charge in [0, 0.05) is 5.02 Å². The zero-order valence-corrected chi connectivity index (χ0v) is 13.2. The molecule has 0 aliphatic rings. The highest BCUT2D eigenvalue weighted by Crippen LogP contribution is 2.34. The maximum absolute atomic E-state index is 11.1. The first-order valence-corrected chi connectivity index (χ1v) is 7.18. The minimum Gasteiger partial charge on any atom is -0.383 e. The molecule has 0 bridgehead atoms. The highest BCUT2D eigenvalue weighted by Gasteiger charge is 2.38. The standard InChI is InChI=1S/C16H20ClN3O/c1-15(2,3)16(21,10-20-12-18-11-19-20)9-8-13-6-4-5-7-14(13)17/h4-9,11-12,21H,10H2,1-3H3. The van der Waals surface area contributed by atoms with Crippen LogP contribution in [0, 0.1) is 5.41 Å². The second-order valence-electron chi connectivity index (χ2n) is 6.12. The van der Waals surface area contributed by atoms with Gasteiger partial charge < -0.3 is 5.11 Å². The van der Waals surface area contributed by atoms with Gasteiger partial charge in [-0.2, -0.15) is 5.10 Å². The van der Waals surface area contributed by atoms with E-state index in [4.69, 9.17) is 11.6 Å². The molecule has 0 amide bonds. The first-order valence-electron chi connectivity index (χ1n) is 6.80. The number of halogens is 1. The molecule has 0 aliphatic carbocycles. The van der Waals surface area contributed by atoms with Crippen molar-refractivity contribution in [1.82, 2.24) is 14.8 Å². The van der Waals surface area contributed by atoms with Gasteiger partial charge in [0.05, 0.1) is 6.54 Å². The first kappa shape index (κ1) is 15.7. The molecular weight excluding hydrogens is 286 g/mol. The van der Waals surface area contributed by atoms with Crippen molar-refractivity contribution in [3.05, 3.63) is 53.6 Å². The van der Waals surface area contributed by atoms with E-state index in [0.717, 1.165) is 5.56 Å². The lowest BCUT2D eigenvalue weighted by atomic mass is 9.76. The summed E-state index contributed by atoms with van der Waals surface area (Å²) in [5.74, 6) is 0. The Kier molecular flexibility index (Phi) is 4.49. The Bertz CT molecular complexity index is 617. The Morgan fingerprint density at radius 2 is 2.00 bits per heavy atom. The molecule has 0 fully saturated rings. The predicted molar refractivity (Wildman–Crippen MR) is 84.9 cm³/mol. The molecule has 0 spiro atoms. The van der Waals surface area contributed by atoms with E-state index in [1.54, 1.807) is 17.1 Å². The Morgan fingerprint density at radius 1 is 1.29 bits per heavy atom. The zero-order valence-electron chi connectivity index (χ0n) is 12.5. The van der Waals surface area contributed by atoms with Crippen LogP contribution in [0.5, 0.6) is 0 Å². The van der Waals surface area contributed by atoms with Gasteiger partial charge in [-0.3, -0.25) is 0 Å². The van der Waals surface area contributed by atoms with Gasteiger partial charge in [-0.05, 0) is 17.0 Å². The van der Waals surface area contributed by atoms with Crippen LogP contribution >= 0.6 is 11.6 Å². The molecule has 0 aliphatic heterocycles. The van der Waals surface area contributed by atoms with E-state index in [1.807, 2.05) is 51.1 Å². The van der Waals surface area contributed by atoms with Crippen LogP contribution in [0.3, 0.4) is 0 Å². The van der Waals surface area contributed by atoms with Crippen molar-refractivity contribution in [2.24, 2.45) is 5.41 Å². The summed E-state index contributed by atoms with van der Waals surface area (Å²) in [5.41, 5.74) is -0.559. The maximum atomic E-state index is 11.1. The third-order valence-corrected chi connectivity index (χ3v) is 3.96. The highest BCUT2D eigenvalue weighted by atomic mass is 35.5. The van der Waals surface area contributed by atoms with Crippen molar-refractivity contribution in [2.75, 3.05) is 0 Å². The molecule has 21 heavy (non-hydrogen) atoms. The number of aromatic nitrogens is 3. The van der Waals surface area contributed by atoms with Crippen molar-refractivity contribution in [3.8, 4) is 0 Å². The number of hydrogen-bond acceptors (Lipinski definition) is 3. The monoisotopic (exact) mass is 305 g/mol. The van der Waals surface area contributed by atoms with E-state index in [2.05, 4.69) is 10.1 Å². The fourth-order valence-electron chi connectivity index (χ4n) is 1.94. The number of benzene rings is 1. The molecule has 0 saturated heterocycles. The quantitative estimate of drug-likeness (QED) is 0.941. The van der Waals surface area contributed by atoms with Gasteiger partial charge in [0.2, 0.25) is 0 Å². The lowest BCUT2D eigenvalue weighted by molar-refractivity contribution is -0.0297. The van der Waals surface area contributed by atoms with Crippen molar-refractivity contribution in [2.45, 2.75) is 32.9 Å². The average molecular weight is 306 g/mol. The van der Waals surface area contributed by atoms with Crippen LogP contribution in [0.1, 0.15) is 26.3 Å². The summed E-state index contributed by atoms with van der Waals surface area (Å²) in [6.45, 7) is 6.29. The molecule has 1 aromatic carbocycles. The fourth-order valence-corrected chi connectivity index (χ4v) is 2.14. The second-order valence-corrected chi connectivity index (χ2v) is 6.53. The lowest BCUT2D eigenvalue weighted by Crippen LogP contribution is -2.44. The van der Waals surface area contributed by atoms with E-state index in [9.17, 15) is 5.11 Å². The fraction of sp³-hybridized carbons (Fsp3) is 0.375. The first-order chi connectivity index (χ1) is 9.82. The van der Waals surface area contributed by atoms with Crippen LogP contribution in [0.2, 0.25) is 5.02 Å². The van der Waals surface area contributed by atoms with Crippen molar-refractivity contribution >= 4 is 17.7 Å². The molecule has 0 saturated carbocycles. The predicted octanol–water partition coefficient (Wildman–Crippen LogP) is 3.42. The van der Waals surface area contributed by atoms with E-state index < -0.39 is 5.60 Å². The van der Waals surface area contributed by atoms with E-state index in [-0.39, 0.29) is 5.41 Å². The summed E-state index contributed by atoms with van der Waals surface area (Å²) >= 11 is 6.15. The summed E-state index contributed by atoms with van der Waals surface area (Å²) in [7, 11) is 0. The largest absolute Gasteiger partial charge is 0.383 e. The van der Waals surface area contributed by atoms with Crippen LogP contribution in [0.4, 0.5) is 0 Å². The van der Waals surface area contributed by atoms with Gasteiger partial charge in [-0.25, -0.2) is 9.67 Å². The van der Waals surface area contributed by atoms with E-state index >= 15 is 0 Å². The van der Waals surface area contributed by atoms with E-state index in [0.29, 0.717) is 11.6 Å². The van der Waals surface area contributed by atoms with Crippen molar-refractivity contribution < 1.29 is 5.11 Å². The lowest BCUT2D eigenvalue weighted by Gasteiger charge is -2.37. The molecule has 2 rings (SSSR count). The Balaban J connectivity index is 2.31. The molecule has 1 unspecified atom stereocenters. The Morgan fingerprint density at radius 3 is 2.57 bits per heavy atom. The molecule has 112 valence electrons. The molecule has 1 heterocycles. The van der Waals surface area contributed by atoms with Crippen LogP contribution in [0.15, 0.2) is 43.0 Å². The molecule has 2 aromatic rings. The van der Waals surface area contributed by atoms with Gasteiger partial charge >= 0.3 is 0 Å². The van der Waals surface area contributed by atoms with Crippen molar-refractivity contribution in [3.63, 3.8) is 0 Å². The van der Waals surface area contributed by atoms with Gasteiger partial charge in [0.1, 0.15) is 18.3 Å². The highest BCUT2D eigenvalue weighted by molar-refractivity contribution is 6.32. The maximum Gasteiger partial charge on any atom is 0.137 e. The zero-order chi connectivity index (χ0) is 15.5. The summed E-state index contributed by atoms with van der Waals surface area (Å²) in [4.78, 5) is 3.92. The van der Waals surface area contributed by atoms with Crippen LogP contribution in [0.25, 0.3) is 6.08 Å². The number of nitrogens with zero attached hydrogens (tertiary/aromatic N) is 3. The van der Waals surface area contributed by atoms with Gasteiger partial charge in [0.15, 0.2) is 0 Å². The molecule has 1 aromatic heterocycles. The number of hydrogen-bond donors (Lipinski definition) is 1. The summed E-state index contributed by atoms with van der Waals surface area (Å²) < 4.78 is 1.63. The summed E-state index contributed by atoms with van der Waals surface area (Å²) in [5, 5.41) is 15.8. The minimum absolute atomic E-state index is 0.331. The molecule has 0 radical (unpaired) electrons. The molecule has 4 nitrogen and oxygen atoms in total. The topological polar surface area (TPSA) is 50.9 Å². The molecule has 1 atom stereocenters. The summed E-state index contributed by atoms with van der Waals surface area (Å²) in [6.07, 6.45) is 6.70. The van der Waals surface area contributed by atoms with Gasteiger partial charge in [-0.15, -0.1) is 0 Å². The van der Waals surface area contributed by atoms with E-state index in [1.165, 1.54) is 6.33 Å². The third kappa shape index (κ3) is 3.71. The Hall–Kier alpha value is -1.65. The SMILES string of the molecule is CC(C)(C)C(O)(C=Cc1ccccc1Cl)Cn1cncn1. The van der Waals surface area contributed by atoms with Crippen molar-refractivity contribution in [1.29, 1.82) is 0 Å². The summed E-state index contributed by atoms with van der Waals surface area (Å²) in [6, 6.07) is 7.54.